The van der Waals surface area contributed by atoms with Gasteiger partial charge in [-0.1, -0.05) is 48.5 Å². The molecular weight excluding hydrogens is 272 g/mol. The maximum absolute atomic E-state index is 11.4. The fourth-order valence-corrected chi connectivity index (χ4v) is 2.43. The van der Waals surface area contributed by atoms with Crippen molar-refractivity contribution in [3.63, 3.8) is 0 Å². The van der Waals surface area contributed by atoms with Crippen molar-refractivity contribution in [3.8, 4) is 0 Å². The van der Waals surface area contributed by atoms with Crippen LogP contribution >= 0.6 is 0 Å². The van der Waals surface area contributed by atoms with E-state index in [0.717, 1.165) is 24.3 Å². The van der Waals surface area contributed by atoms with Crippen LogP contribution in [0.5, 0.6) is 0 Å². The Morgan fingerprint density at radius 2 is 1.64 bits per heavy atom. The van der Waals surface area contributed by atoms with Gasteiger partial charge >= 0.3 is 0 Å². The molecule has 0 bridgehead atoms. The SMILES string of the molecule is CC(=O)Nc1ccccc1CN(Cc1ccccc1)C(C)C. The Bertz CT molecular complexity index is 608. The zero-order valence-electron chi connectivity index (χ0n) is 13.5. The van der Waals surface area contributed by atoms with E-state index in [0.29, 0.717) is 6.04 Å². The van der Waals surface area contributed by atoms with E-state index in [2.05, 4.69) is 54.4 Å². The van der Waals surface area contributed by atoms with Gasteiger partial charge in [-0.25, -0.2) is 0 Å². The summed E-state index contributed by atoms with van der Waals surface area (Å²) in [5, 5.41) is 2.92. The first-order valence-corrected chi connectivity index (χ1v) is 7.69. The van der Waals surface area contributed by atoms with Crippen LogP contribution in [-0.4, -0.2) is 16.8 Å². The second kappa shape index (κ2) is 7.76. The largest absolute Gasteiger partial charge is 0.326 e. The van der Waals surface area contributed by atoms with Crippen LogP contribution in [0.4, 0.5) is 5.69 Å². The highest BCUT2D eigenvalue weighted by Gasteiger charge is 2.13. The summed E-state index contributed by atoms with van der Waals surface area (Å²) >= 11 is 0. The van der Waals surface area contributed by atoms with Crippen molar-refractivity contribution in [2.45, 2.75) is 39.9 Å². The number of carbonyl (C=O) groups is 1. The molecule has 0 saturated carbocycles. The third-order valence-corrected chi connectivity index (χ3v) is 3.66. The zero-order chi connectivity index (χ0) is 15.9. The number of carbonyl (C=O) groups excluding carboxylic acids is 1. The van der Waals surface area contributed by atoms with E-state index >= 15 is 0 Å². The Morgan fingerprint density at radius 3 is 2.27 bits per heavy atom. The molecule has 0 fully saturated rings. The summed E-state index contributed by atoms with van der Waals surface area (Å²) in [6.45, 7) is 7.64. The minimum atomic E-state index is -0.0355. The van der Waals surface area contributed by atoms with E-state index < -0.39 is 0 Å². The van der Waals surface area contributed by atoms with Gasteiger partial charge in [0.05, 0.1) is 0 Å². The third kappa shape index (κ3) is 4.71. The smallest absolute Gasteiger partial charge is 0.221 e. The Kier molecular flexibility index (Phi) is 5.73. The van der Waals surface area contributed by atoms with Crippen molar-refractivity contribution >= 4 is 11.6 Å². The molecule has 1 amide bonds. The average molecular weight is 296 g/mol. The molecule has 2 rings (SSSR count). The lowest BCUT2D eigenvalue weighted by Crippen LogP contribution is -2.30. The number of nitrogens with zero attached hydrogens (tertiary/aromatic N) is 1. The lowest BCUT2D eigenvalue weighted by atomic mass is 10.1. The molecule has 22 heavy (non-hydrogen) atoms. The zero-order valence-corrected chi connectivity index (χ0v) is 13.5. The van der Waals surface area contributed by atoms with Crippen LogP contribution in [0.25, 0.3) is 0 Å². The number of hydrogen-bond acceptors (Lipinski definition) is 2. The second-order valence-corrected chi connectivity index (χ2v) is 5.82. The molecule has 0 aromatic heterocycles. The summed E-state index contributed by atoms with van der Waals surface area (Å²) < 4.78 is 0. The Balaban J connectivity index is 2.16. The molecule has 1 N–H and O–H groups in total. The predicted octanol–water partition coefficient (Wildman–Crippen LogP) is 4.06. The molecule has 3 heteroatoms. The molecule has 0 unspecified atom stereocenters. The fourth-order valence-electron chi connectivity index (χ4n) is 2.43. The molecule has 0 spiro atoms. The van der Waals surface area contributed by atoms with Crippen LogP contribution in [0.2, 0.25) is 0 Å². The molecular formula is C19H24N2O. The highest BCUT2D eigenvalue weighted by molar-refractivity contribution is 5.89. The Hall–Kier alpha value is -2.13. The summed E-state index contributed by atoms with van der Waals surface area (Å²) in [7, 11) is 0. The highest BCUT2D eigenvalue weighted by atomic mass is 16.1. The lowest BCUT2D eigenvalue weighted by Gasteiger charge is -2.27. The molecule has 0 aliphatic rings. The van der Waals surface area contributed by atoms with Crippen molar-refractivity contribution in [2.75, 3.05) is 5.32 Å². The first-order valence-electron chi connectivity index (χ1n) is 7.69. The molecule has 0 saturated heterocycles. The Morgan fingerprint density at radius 1 is 1.00 bits per heavy atom. The van der Waals surface area contributed by atoms with E-state index in [1.807, 2.05) is 24.3 Å². The number of rotatable bonds is 6. The summed E-state index contributed by atoms with van der Waals surface area (Å²) in [5.74, 6) is -0.0355. The van der Waals surface area contributed by atoms with E-state index in [4.69, 9.17) is 0 Å². The van der Waals surface area contributed by atoms with Gasteiger partial charge in [-0.3, -0.25) is 9.69 Å². The number of amides is 1. The first kappa shape index (κ1) is 16.2. The van der Waals surface area contributed by atoms with E-state index in [9.17, 15) is 4.79 Å². The number of nitrogens with one attached hydrogen (secondary N) is 1. The van der Waals surface area contributed by atoms with Gasteiger partial charge in [0.1, 0.15) is 0 Å². The molecule has 2 aromatic carbocycles. The van der Waals surface area contributed by atoms with Crippen molar-refractivity contribution < 1.29 is 4.79 Å². The number of para-hydroxylation sites is 1. The first-order chi connectivity index (χ1) is 10.6. The summed E-state index contributed by atoms with van der Waals surface area (Å²) in [6, 6.07) is 18.9. The fraction of sp³-hybridized carbons (Fsp3) is 0.316. The maximum Gasteiger partial charge on any atom is 0.221 e. The van der Waals surface area contributed by atoms with Crippen LogP contribution in [0, 0.1) is 0 Å². The van der Waals surface area contributed by atoms with Gasteiger partial charge < -0.3 is 5.32 Å². The summed E-state index contributed by atoms with van der Waals surface area (Å²) in [5.41, 5.74) is 3.34. The summed E-state index contributed by atoms with van der Waals surface area (Å²) in [4.78, 5) is 13.8. The van der Waals surface area contributed by atoms with Crippen LogP contribution in [0.1, 0.15) is 31.9 Å². The maximum atomic E-state index is 11.4. The minimum Gasteiger partial charge on any atom is -0.326 e. The highest BCUT2D eigenvalue weighted by Crippen LogP contribution is 2.20. The second-order valence-electron chi connectivity index (χ2n) is 5.82. The summed E-state index contributed by atoms with van der Waals surface area (Å²) in [6.07, 6.45) is 0. The van der Waals surface area contributed by atoms with Crippen LogP contribution in [0.15, 0.2) is 54.6 Å². The van der Waals surface area contributed by atoms with Gasteiger partial charge in [-0.2, -0.15) is 0 Å². The number of anilines is 1. The molecule has 0 heterocycles. The van der Waals surface area contributed by atoms with Crippen molar-refractivity contribution in [1.29, 1.82) is 0 Å². The molecule has 3 nitrogen and oxygen atoms in total. The van der Waals surface area contributed by atoms with Gasteiger partial charge in [0.25, 0.3) is 0 Å². The van der Waals surface area contributed by atoms with Gasteiger partial charge in [-0.15, -0.1) is 0 Å². The van der Waals surface area contributed by atoms with E-state index in [-0.39, 0.29) is 5.91 Å². The van der Waals surface area contributed by atoms with Gasteiger partial charge in [0.15, 0.2) is 0 Å². The molecule has 2 aromatic rings. The monoisotopic (exact) mass is 296 g/mol. The molecule has 0 atom stereocenters. The topological polar surface area (TPSA) is 32.3 Å². The molecule has 0 radical (unpaired) electrons. The predicted molar refractivity (Wildman–Crippen MR) is 91.6 cm³/mol. The van der Waals surface area contributed by atoms with Crippen LogP contribution in [0.3, 0.4) is 0 Å². The van der Waals surface area contributed by atoms with Crippen LogP contribution in [-0.2, 0) is 17.9 Å². The van der Waals surface area contributed by atoms with Crippen LogP contribution < -0.4 is 5.32 Å². The van der Waals surface area contributed by atoms with Gasteiger partial charge in [0, 0.05) is 31.7 Å². The number of benzene rings is 2. The van der Waals surface area contributed by atoms with Gasteiger partial charge in [-0.05, 0) is 31.0 Å². The third-order valence-electron chi connectivity index (χ3n) is 3.66. The van der Waals surface area contributed by atoms with Crippen molar-refractivity contribution in [3.05, 3.63) is 65.7 Å². The standard InChI is InChI=1S/C19H24N2O/c1-15(2)21(13-17-9-5-4-6-10-17)14-18-11-7-8-12-19(18)20-16(3)22/h4-12,15H,13-14H2,1-3H3,(H,20,22). The lowest BCUT2D eigenvalue weighted by molar-refractivity contribution is -0.114. The molecule has 0 aliphatic heterocycles. The van der Waals surface area contributed by atoms with E-state index in [1.165, 1.54) is 5.56 Å². The van der Waals surface area contributed by atoms with E-state index in [1.54, 1.807) is 6.92 Å². The normalized spacial score (nSPS) is 11.0. The quantitative estimate of drug-likeness (QED) is 0.872. The molecule has 116 valence electrons. The minimum absolute atomic E-state index is 0.0355. The van der Waals surface area contributed by atoms with Crippen molar-refractivity contribution in [2.24, 2.45) is 0 Å². The van der Waals surface area contributed by atoms with Crippen molar-refractivity contribution in [1.82, 2.24) is 4.90 Å². The number of hydrogen-bond donors (Lipinski definition) is 1. The molecule has 0 aliphatic carbocycles. The average Bonchev–Trinajstić information content (AvgIpc) is 2.49. The Labute approximate surface area is 133 Å². The van der Waals surface area contributed by atoms with Gasteiger partial charge in [0.2, 0.25) is 5.91 Å².